The van der Waals surface area contributed by atoms with Gasteiger partial charge in [-0.1, -0.05) is 59.6 Å². The molecule has 0 amide bonds. The van der Waals surface area contributed by atoms with E-state index < -0.39 is 0 Å². The summed E-state index contributed by atoms with van der Waals surface area (Å²) in [7, 11) is 0. The average molecular weight is 374 g/mol. The van der Waals surface area contributed by atoms with E-state index in [1.807, 2.05) is 79.9 Å². The molecule has 1 heterocycles. The van der Waals surface area contributed by atoms with Crippen LogP contribution >= 0.6 is 11.6 Å². The van der Waals surface area contributed by atoms with Gasteiger partial charge in [-0.15, -0.1) is 0 Å². The maximum Gasteiger partial charge on any atom is 0.197 e. The Hall–Kier alpha value is -2.84. The van der Waals surface area contributed by atoms with Crippen molar-refractivity contribution in [2.75, 3.05) is 0 Å². The van der Waals surface area contributed by atoms with Gasteiger partial charge in [0.05, 0.1) is 5.52 Å². The average Bonchev–Trinajstić information content (AvgIpc) is 2.69. The summed E-state index contributed by atoms with van der Waals surface area (Å²) in [5.74, 6) is 0. The van der Waals surface area contributed by atoms with Crippen LogP contribution in [-0.2, 0) is 6.54 Å². The van der Waals surface area contributed by atoms with E-state index in [9.17, 15) is 4.79 Å². The molecule has 0 radical (unpaired) electrons. The highest BCUT2D eigenvalue weighted by molar-refractivity contribution is 6.30. The first-order valence-corrected chi connectivity index (χ1v) is 9.45. The quantitative estimate of drug-likeness (QED) is 0.412. The fourth-order valence-electron chi connectivity index (χ4n) is 3.45. The lowest BCUT2D eigenvalue weighted by atomic mass is 9.99. The van der Waals surface area contributed by atoms with Crippen molar-refractivity contribution in [3.05, 3.63) is 93.7 Å². The van der Waals surface area contributed by atoms with Crippen LogP contribution in [0, 0.1) is 6.92 Å². The molecule has 0 fully saturated rings. The van der Waals surface area contributed by atoms with E-state index >= 15 is 0 Å². The lowest BCUT2D eigenvalue weighted by molar-refractivity contribution is 0.789. The fourth-order valence-corrected chi connectivity index (χ4v) is 3.64. The molecule has 0 saturated carbocycles. The minimum Gasteiger partial charge on any atom is -0.347 e. The van der Waals surface area contributed by atoms with Gasteiger partial charge in [0, 0.05) is 28.7 Å². The van der Waals surface area contributed by atoms with Crippen molar-refractivity contribution in [2.45, 2.75) is 20.4 Å². The number of pyridine rings is 1. The maximum atomic E-state index is 13.3. The van der Waals surface area contributed by atoms with Gasteiger partial charge < -0.3 is 4.57 Å². The Morgan fingerprint density at radius 2 is 1.59 bits per heavy atom. The van der Waals surface area contributed by atoms with Crippen LogP contribution in [0.1, 0.15) is 12.5 Å². The molecular weight excluding hydrogens is 354 g/mol. The minimum atomic E-state index is 0.0578. The number of nitrogens with zero attached hydrogens (tertiary/aromatic N) is 1. The summed E-state index contributed by atoms with van der Waals surface area (Å²) in [4.78, 5) is 13.3. The van der Waals surface area contributed by atoms with Crippen LogP contribution < -0.4 is 5.43 Å². The second kappa shape index (κ2) is 7.05. The highest BCUT2D eigenvalue weighted by Gasteiger charge is 2.12. The topological polar surface area (TPSA) is 22.0 Å². The summed E-state index contributed by atoms with van der Waals surface area (Å²) in [6.45, 7) is 4.94. The third-order valence-electron chi connectivity index (χ3n) is 4.94. The molecule has 3 aromatic carbocycles. The summed E-state index contributed by atoms with van der Waals surface area (Å²) in [6.07, 6.45) is 1.97. The molecular formula is C24H20ClNO. The van der Waals surface area contributed by atoms with E-state index in [1.165, 1.54) is 5.56 Å². The van der Waals surface area contributed by atoms with Gasteiger partial charge >= 0.3 is 0 Å². The molecule has 0 spiro atoms. The third-order valence-corrected chi connectivity index (χ3v) is 5.18. The predicted octanol–water partition coefficient (Wildman–Crippen LogP) is 6.32. The highest BCUT2D eigenvalue weighted by atomic mass is 35.5. The zero-order valence-electron chi connectivity index (χ0n) is 15.4. The van der Waals surface area contributed by atoms with Crippen LogP contribution in [0.25, 0.3) is 33.2 Å². The monoisotopic (exact) mass is 373 g/mol. The molecule has 0 unspecified atom stereocenters. The van der Waals surface area contributed by atoms with Gasteiger partial charge in [0.15, 0.2) is 5.43 Å². The van der Waals surface area contributed by atoms with Crippen molar-refractivity contribution < 1.29 is 0 Å². The molecule has 1 aromatic heterocycles. The van der Waals surface area contributed by atoms with Crippen LogP contribution in [0.15, 0.2) is 77.7 Å². The molecule has 134 valence electrons. The fraction of sp³-hybridized carbons (Fsp3) is 0.125. The van der Waals surface area contributed by atoms with Crippen molar-refractivity contribution in [3.63, 3.8) is 0 Å². The van der Waals surface area contributed by atoms with Gasteiger partial charge in [-0.25, -0.2) is 0 Å². The van der Waals surface area contributed by atoms with Gasteiger partial charge in [0.2, 0.25) is 0 Å². The van der Waals surface area contributed by atoms with Crippen LogP contribution in [0.4, 0.5) is 0 Å². The molecule has 2 nitrogen and oxygen atoms in total. The highest BCUT2D eigenvalue weighted by Crippen LogP contribution is 2.27. The van der Waals surface area contributed by atoms with E-state index in [2.05, 4.69) is 11.5 Å². The van der Waals surface area contributed by atoms with Gasteiger partial charge in [-0.05, 0) is 54.8 Å². The number of benzene rings is 3. The summed E-state index contributed by atoms with van der Waals surface area (Å²) in [6, 6.07) is 21.9. The minimum absolute atomic E-state index is 0.0578. The number of aromatic nitrogens is 1. The lowest BCUT2D eigenvalue weighted by Gasteiger charge is -2.13. The van der Waals surface area contributed by atoms with E-state index in [-0.39, 0.29) is 5.43 Å². The van der Waals surface area contributed by atoms with Crippen molar-refractivity contribution in [3.8, 4) is 22.3 Å². The molecule has 27 heavy (non-hydrogen) atoms. The number of halogens is 1. The van der Waals surface area contributed by atoms with Gasteiger partial charge in [-0.3, -0.25) is 4.79 Å². The van der Waals surface area contributed by atoms with E-state index in [0.717, 1.165) is 39.7 Å². The van der Waals surface area contributed by atoms with E-state index in [0.29, 0.717) is 5.02 Å². The maximum absolute atomic E-state index is 13.3. The van der Waals surface area contributed by atoms with Crippen molar-refractivity contribution in [1.82, 2.24) is 4.57 Å². The Morgan fingerprint density at radius 1 is 0.889 bits per heavy atom. The molecule has 0 atom stereocenters. The number of aryl methyl sites for hydroxylation is 2. The van der Waals surface area contributed by atoms with Crippen LogP contribution in [0.5, 0.6) is 0 Å². The smallest absolute Gasteiger partial charge is 0.197 e. The van der Waals surface area contributed by atoms with Crippen LogP contribution in [0.3, 0.4) is 0 Å². The van der Waals surface area contributed by atoms with Crippen LogP contribution in [0.2, 0.25) is 5.02 Å². The standard InChI is InChI=1S/C24H20ClNO/c1-3-26-15-22(17-9-7-16(2)8-10-17)24(27)21-14-19(11-12-23(21)26)18-5-4-6-20(25)13-18/h4-15H,3H2,1-2H3. The second-order valence-corrected chi connectivity index (χ2v) is 7.20. The second-order valence-electron chi connectivity index (χ2n) is 6.77. The molecule has 3 heteroatoms. The Labute approximate surface area is 163 Å². The van der Waals surface area contributed by atoms with E-state index in [4.69, 9.17) is 11.6 Å². The number of hydrogen-bond donors (Lipinski definition) is 0. The number of rotatable bonds is 3. The first-order valence-electron chi connectivity index (χ1n) is 9.07. The number of hydrogen-bond acceptors (Lipinski definition) is 1. The lowest BCUT2D eigenvalue weighted by Crippen LogP contribution is -2.11. The van der Waals surface area contributed by atoms with Crippen molar-refractivity contribution >= 4 is 22.5 Å². The Morgan fingerprint density at radius 3 is 2.30 bits per heavy atom. The molecule has 0 saturated heterocycles. The van der Waals surface area contributed by atoms with Gasteiger partial charge in [0.25, 0.3) is 0 Å². The first kappa shape index (κ1) is 17.6. The molecule has 0 N–H and O–H groups in total. The Balaban J connectivity index is 1.98. The third kappa shape index (κ3) is 3.29. The summed E-state index contributed by atoms with van der Waals surface area (Å²) < 4.78 is 2.13. The molecule has 0 aliphatic carbocycles. The SMILES string of the molecule is CCn1cc(-c2ccc(C)cc2)c(=O)c2cc(-c3cccc(Cl)c3)ccc21. The molecule has 4 aromatic rings. The molecule has 0 aliphatic rings. The zero-order valence-corrected chi connectivity index (χ0v) is 16.1. The molecule has 0 aliphatic heterocycles. The zero-order chi connectivity index (χ0) is 19.0. The van der Waals surface area contributed by atoms with Crippen molar-refractivity contribution in [1.29, 1.82) is 0 Å². The van der Waals surface area contributed by atoms with E-state index in [1.54, 1.807) is 0 Å². The summed E-state index contributed by atoms with van der Waals surface area (Å²) in [5, 5.41) is 1.42. The summed E-state index contributed by atoms with van der Waals surface area (Å²) in [5.41, 5.74) is 5.86. The van der Waals surface area contributed by atoms with Crippen molar-refractivity contribution in [2.24, 2.45) is 0 Å². The Kier molecular flexibility index (Phi) is 4.59. The Bertz CT molecular complexity index is 1190. The molecule has 4 rings (SSSR count). The number of fused-ring (bicyclic) bond motifs is 1. The first-order chi connectivity index (χ1) is 13.1. The summed E-state index contributed by atoms with van der Waals surface area (Å²) >= 11 is 6.14. The van der Waals surface area contributed by atoms with Gasteiger partial charge in [-0.2, -0.15) is 0 Å². The molecule has 0 bridgehead atoms. The predicted molar refractivity (Wildman–Crippen MR) is 115 cm³/mol. The largest absolute Gasteiger partial charge is 0.347 e. The normalized spacial score (nSPS) is 11.1. The van der Waals surface area contributed by atoms with Gasteiger partial charge in [0.1, 0.15) is 0 Å². The van der Waals surface area contributed by atoms with Crippen LogP contribution in [-0.4, -0.2) is 4.57 Å².